The molecule has 0 N–H and O–H groups in total. The highest BCUT2D eigenvalue weighted by Crippen LogP contribution is 2.42. The van der Waals surface area contributed by atoms with Gasteiger partial charge >= 0.3 is 15.6 Å². The average molecular weight is 541 g/mol. The van der Waals surface area contributed by atoms with E-state index in [0.29, 0.717) is 17.0 Å². The van der Waals surface area contributed by atoms with Crippen LogP contribution in [0.2, 0.25) is 0 Å². The second-order valence-electron chi connectivity index (χ2n) is 8.09. The molecule has 1 aromatic heterocycles. The van der Waals surface area contributed by atoms with Crippen LogP contribution < -0.4 is 14.2 Å². The standard InChI is InChI=1S/C24H23F3N2O7S/c1-28-17-12-20(35-4)19(34-3)11-16(17)21-18(36-37(31,32)24(25,26)27)9-10-29(23(30)22(21)28)13-14-5-7-15(33-2)8-6-14/h5-9,11-12H,10,13H2,1-4H3. The fourth-order valence-corrected chi connectivity index (χ4v) is 4.60. The Hall–Kier alpha value is -3.87. The summed E-state index contributed by atoms with van der Waals surface area (Å²) < 4.78 is 85.5. The van der Waals surface area contributed by atoms with E-state index in [-0.39, 0.29) is 35.5 Å². The molecule has 3 aromatic rings. The molecule has 1 aliphatic heterocycles. The van der Waals surface area contributed by atoms with Gasteiger partial charge in [-0.15, -0.1) is 0 Å². The second kappa shape index (κ2) is 9.54. The van der Waals surface area contributed by atoms with Gasteiger partial charge in [0.1, 0.15) is 11.4 Å². The van der Waals surface area contributed by atoms with Crippen LogP contribution in [0, 0.1) is 0 Å². The lowest BCUT2D eigenvalue weighted by molar-refractivity contribution is -0.0509. The Morgan fingerprint density at radius 3 is 2.16 bits per heavy atom. The van der Waals surface area contributed by atoms with Crippen molar-refractivity contribution in [3.63, 3.8) is 0 Å². The van der Waals surface area contributed by atoms with Crippen molar-refractivity contribution in [1.82, 2.24) is 9.47 Å². The predicted octanol–water partition coefficient (Wildman–Crippen LogP) is 4.07. The number of methoxy groups -OCH3 is 3. The van der Waals surface area contributed by atoms with Crippen LogP contribution in [0.1, 0.15) is 21.6 Å². The molecular weight excluding hydrogens is 517 g/mol. The summed E-state index contributed by atoms with van der Waals surface area (Å²) >= 11 is 0. The first-order valence-electron chi connectivity index (χ1n) is 10.8. The number of aryl methyl sites for hydroxylation is 1. The number of carbonyl (C=O) groups is 1. The van der Waals surface area contributed by atoms with Crippen LogP contribution in [-0.4, -0.2) is 57.2 Å². The topological polar surface area (TPSA) is 96.3 Å². The number of hydrogen-bond acceptors (Lipinski definition) is 7. The number of fused-ring (bicyclic) bond motifs is 3. The molecule has 37 heavy (non-hydrogen) atoms. The maximum Gasteiger partial charge on any atom is 0.534 e. The quantitative estimate of drug-likeness (QED) is 0.329. The fourth-order valence-electron chi connectivity index (χ4n) is 4.12. The molecular formula is C24H23F3N2O7S. The van der Waals surface area contributed by atoms with E-state index in [2.05, 4.69) is 4.18 Å². The third kappa shape index (κ3) is 4.66. The highest BCUT2D eigenvalue weighted by Gasteiger charge is 2.49. The van der Waals surface area contributed by atoms with E-state index >= 15 is 0 Å². The number of carbonyl (C=O) groups excluding carboxylic acids is 1. The maximum absolute atomic E-state index is 13.7. The van der Waals surface area contributed by atoms with Gasteiger partial charge in [0.05, 0.1) is 32.4 Å². The molecule has 1 aliphatic rings. The van der Waals surface area contributed by atoms with Gasteiger partial charge in [-0.05, 0) is 29.8 Å². The lowest BCUT2D eigenvalue weighted by atomic mass is 10.1. The smallest absolute Gasteiger partial charge is 0.497 e. The predicted molar refractivity (Wildman–Crippen MR) is 128 cm³/mol. The largest absolute Gasteiger partial charge is 0.534 e. The molecule has 0 saturated heterocycles. The van der Waals surface area contributed by atoms with E-state index in [1.807, 2.05) is 0 Å². The summed E-state index contributed by atoms with van der Waals surface area (Å²) in [7, 11) is -0.194. The summed E-state index contributed by atoms with van der Waals surface area (Å²) in [5.41, 5.74) is -4.72. The van der Waals surface area contributed by atoms with Crippen molar-refractivity contribution < 1.29 is 44.8 Å². The summed E-state index contributed by atoms with van der Waals surface area (Å²) in [5, 5.41) is 0.249. The van der Waals surface area contributed by atoms with Crippen molar-refractivity contribution in [2.75, 3.05) is 27.9 Å². The molecule has 2 aromatic carbocycles. The highest BCUT2D eigenvalue weighted by molar-refractivity contribution is 7.87. The minimum absolute atomic E-state index is 0.0556. The van der Waals surface area contributed by atoms with Crippen molar-refractivity contribution in [2.24, 2.45) is 7.05 Å². The van der Waals surface area contributed by atoms with Crippen LogP contribution in [-0.2, 0) is 27.9 Å². The van der Waals surface area contributed by atoms with Gasteiger partial charge in [0, 0.05) is 31.6 Å². The number of nitrogens with zero attached hydrogens (tertiary/aromatic N) is 2. The van der Waals surface area contributed by atoms with Gasteiger partial charge < -0.3 is 27.9 Å². The van der Waals surface area contributed by atoms with E-state index in [0.717, 1.165) is 11.6 Å². The average Bonchev–Trinajstić information content (AvgIpc) is 3.07. The number of rotatable bonds is 7. The van der Waals surface area contributed by atoms with E-state index in [4.69, 9.17) is 14.2 Å². The first-order chi connectivity index (χ1) is 17.4. The number of alkyl halides is 3. The molecule has 0 fully saturated rings. The Bertz CT molecular complexity index is 1490. The Kier molecular flexibility index (Phi) is 6.76. The number of halogens is 3. The van der Waals surface area contributed by atoms with Crippen LogP contribution in [0.4, 0.5) is 13.2 Å². The fraction of sp³-hybridized carbons (Fsp3) is 0.292. The van der Waals surface area contributed by atoms with E-state index in [1.54, 1.807) is 30.3 Å². The lowest BCUT2D eigenvalue weighted by Gasteiger charge is -2.21. The van der Waals surface area contributed by atoms with Gasteiger partial charge in [-0.25, -0.2) is 0 Å². The summed E-state index contributed by atoms with van der Waals surface area (Å²) in [6.07, 6.45) is 1.15. The normalized spacial score (nSPS) is 14.2. The zero-order valence-corrected chi connectivity index (χ0v) is 21.1. The van der Waals surface area contributed by atoms with Gasteiger partial charge in [-0.2, -0.15) is 21.6 Å². The van der Waals surface area contributed by atoms with Crippen molar-refractivity contribution in [1.29, 1.82) is 0 Å². The molecule has 13 heteroatoms. The first-order valence-corrected chi connectivity index (χ1v) is 12.2. The Morgan fingerprint density at radius 1 is 0.973 bits per heavy atom. The molecule has 2 heterocycles. The van der Waals surface area contributed by atoms with Crippen molar-refractivity contribution in [3.8, 4) is 17.2 Å². The first kappa shape index (κ1) is 26.2. The zero-order chi connectivity index (χ0) is 27.1. The van der Waals surface area contributed by atoms with Gasteiger partial charge in [-0.1, -0.05) is 12.1 Å². The van der Waals surface area contributed by atoms with Crippen LogP contribution in [0.5, 0.6) is 17.2 Å². The summed E-state index contributed by atoms with van der Waals surface area (Å²) in [6.45, 7) is -0.122. The Morgan fingerprint density at radius 2 is 1.59 bits per heavy atom. The summed E-state index contributed by atoms with van der Waals surface area (Å²) in [4.78, 5) is 15.1. The molecule has 9 nitrogen and oxygen atoms in total. The third-order valence-corrected chi connectivity index (χ3v) is 6.92. The lowest BCUT2D eigenvalue weighted by Crippen LogP contribution is -2.31. The molecule has 0 spiro atoms. The SMILES string of the molecule is COc1ccc(CN2CC=C(OS(=O)(=O)C(F)(F)F)c3c(n(C)c4cc(OC)c(OC)cc34)C2=O)cc1. The molecule has 4 rings (SSSR count). The number of aromatic nitrogens is 1. The molecule has 0 unspecified atom stereocenters. The summed E-state index contributed by atoms with van der Waals surface area (Å²) in [6, 6.07) is 9.89. The molecule has 1 amide bonds. The van der Waals surface area contributed by atoms with E-state index < -0.39 is 27.3 Å². The monoisotopic (exact) mass is 540 g/mol. The van der Waals surface area contributed by atoms with Crippen molar-refractivity contribution in [2.45, 2.75) is 12.1 Å². The second-order valence-corrected chi connectivity index (χ2v) is 9.63. The number of ether oxygens (including phenoxy) is 3. The minimum Gasteiger partial charge on any atom is -0.497 e. The minimum atomic E-state index is -6.02. The van der Waals surface area contributed by atoms with Gasteiger partial charge in [0.25, 0.3) is 5.91 Å². The van der Waals surface area contributed by atoms with Crippen LogP contribution in [0.15, 0.2) is 42.5 Å². The highest BCUT2D eigenvalue weighted by atomic mass is 32.2. The molecule has 0 saturated carbocycles. The van der Waals surface area contributed by atoms with E-state index in [1.165, 1.54) is 43.9 Å². The van der Waals surface area contributed by atoms with Crippen molar-refractivity contribution in [3.05, 3.63) is 59.3 Å². The number of hydrogen-bond donors (Lipinski definition) is 0. The zero-order valence-electron chi connectivity index (χ0n) is 20.2. The van der Waals surface area contributed by atoms with Crippen molar-refractivity contribution >= 4 is 32.7 Å². The van der Waals surface area contributed by atoms with Crippen LogP contribution in [0.3, 0.4) is 0 Å². The van der Waals surface area contributed by atoms with E-state index in [9.17, 15) is 26.4 Å². The van der Waals surface area contributed by atoms with Gasteiger partial charge in [-0.3, -0.25) is 4.79 Å². The molecule has 198 valence electrons. The molecule has 0 atom stereocenters. The maximum atomic E-state index is 13.7. The number of benzene rings is 2. The summed E-state index contributed by atoms with van der Waals surface area (Å²) in [5.74, 6) is -0.00828. The Labute approximate surface area is 210 Å². The Balaban J connectivity index is 1.91. The third-order valence-electron chi connectivity index (χ3n) is 5.95. The van der Waals surface area contributed by atoms with Gasteiger partial charge in [0.2, 0.25) is 0 Å². The van der Waals surface area contributed by atoms with Gasteiger partial charge in [0.15, 0.2) is 17.3 Å². The van der Waals surface area contributed by atoms with Crippen LogP contribution in [0.25, 0.3) is 16.7 Å². The molecule has 0 radical (unpaired) electrons. The molecule has 0 bridgehead atoms. The number of amides is 1. The van der Waals surface area contributed by atoms with Crippen LogP contribution >= 0.6 is 0 Å². The molecule has 0 aliphatic carbocycles.